The van der Waals surface area contributed by atoms with E-state index in [1.54, 1.807) is 0 Å². The van der Waals surface area contributed by atoms with Gasteiger partial charge in [-0.25, -0.2) is 0 Å². The number of nitrogens with zero attached hydrogens (tertiary/aromatic N) is 1. The quantitative estimate of drug-likeness (QED) is 0.494. The first-order valence-corrected chi connectivity index (χ1v) is 3.59. The van der Waals surface area contributed by atoms with Crippen LogP contribution in [0.15, 0.2) is 18.3 Å². The molecule has 58 valence electrons. The molecule has 0 aliphatic heterocycles. The van der Waals surface area contributed by atoms with Crippen LogP contribution in [-0.2, 0) is 13.6 Å². The van der Waals surface area contributed by atoms with Crippen LogP contribution in [0, 0.1) is 12.3 Å². The molecule has 1 aromatic heterocycles. The van der Waals surface area contributed by atoms with E-state index in [-0.39, 0.29) is 0 Å². The largest absolute Gasteiger partial charge is 0.353 e. The van der Waals surface area contributed by atoms with Crippen molar-refractivity contribution in [3.8, 4) is 12.3 Å². The van der Waals surface area contributed by atoms with Gasteiger partial charge in [-0.15, -0.1) is 6.42 Å². The van der Waals surface area contributed by atoms with Crippen molar-refractivity contribution >= 4 is 0 Å². The van der Waals surface area contributed by atoms with Crippen molar-refractivity contribution in [3.63, 3.8) is 0 Å². The number of aromatic nitrogens is 1. The highest BCUT2D eigenvalue weighted by molar-refractivity contribution is 5.06. The summed E-state index contributed by atoms with van der Waals surface area (Å²) in [5, 5.41) is 3.12. The van der Waals surface area contributed by atoms with Crippen LogP contribution in [0.1, 0.15) is 5.69 Å². The van der Waals surface area contributed by atoms with Crippen LogP contribution in [0.25, 0.3) is 0 Å². The van der Waals surface area contributed by atoms with Crippen LogP contribution in [0.3, 0.4) is 0 Å². The van der Waals surface area contributed by atoms with E-state index in [4.69, 9.17) is 6.42 Å². The molecule has 0 bridgehead atoms. The zero-order valence-electron chi connectivity index (χ0n) is 6.67. The van der Waals surface area contributed by atoms with Crippen molar-refractivity contribution in [3.05, 3.63) is 24.0 Å². The Hall–Kier alpha value is -1.20. The Balaban J connectivity index is 2.40. The molecule has 0 saturated carbocycles. The van der Waals surface area contributed by atoms with Gasteiger partial charge in [0.2, 0.25) is 0 Å². The predicted octanol–water partition coefficient (Wildman–Crippen LogP) is 0.748. The Morgan fingerprint density at radius 2 is 2.55 bits per heavy atom. The standard InChI is InChI=1S/C9H12N2/c1-3-6-10-8-9-5-4-7-11(9)2/h1,4-5,7,10H,6,8H2,2H3. The second-order valence-corrected chi connectivity index (χ2v) is 2.42. The van der Waals surface area contributed by atoms with Crippen molar-refractivity contribution in [2.24, 2.45) is 7.05 Å². The van der Waals surface area contributed by atoms with E-state index < -0.39 is 0 Å². The number of aryl methyl sites for hydroxylation is 1. The monoisotopic (exact) mass is 148 g/mol. The lowest BCUT2D eigenvalue weighted by atomic mass is 10.4. The fraction of sp³-hybridized carbons (Fsp3) is 0.333. The maximum absolute atomic E-state index is 5.09. The smallest absolute Gasteiger partial charge is 0.0576 e. The molecular formula is C9H12N2. The van der Waals surface area contributed by atoms with Crippen LogP contribution in [0.2, 0.25) is 0 Å². The topological polar surface area (TPSA) is 17.0 Å². The first-order chi connectivity index (χ1) is 5.34. The average Bonchev–Trinajstić information content (AvgIpc) is 2.37. The molecule has 0 aliphatic rings. The molecule has 2 heteroatoms. The third kappa shape index (κ3) is 2.14. The fourth-order valence-corrected chi connectivity index (χ4v) is 0.943. The SMILES string of the molecule is C#CCNCc1cccn1C. The number of rotatable bonds is 3. The van der Waals surface area contributed by atoms with Crippen LogP contribution in [-0.4, -0.2) is 11.1 Å². The molecule has 0 atom stereocenters. The van der Waals surface area contributed by atoms with Gasteiger partial charge in [0.25, 0.3) is 0 Å². The number of hydrogen-bond acceptors (Lipinski definition) is 1. The van der Waals surface area contributed by atoms with Crippen molar-refractivity contribution < 1.29 is 0 Å². The summed E-state index contributed by atoms with van der Waals surface area (Å²) in [5.74, 6) is 2.53. The normalized spacial score (nSPS) is 9.45. The lowest BCUT2D eigenvalue weighted by Gasteiger charge is -2.01. The van der Waals surface area contributed by atoms with Crippen molar-refractivity contribution in [2.75, 3.05) is 6.54 Å². The molecular weight excluding hydrogens is 136 g/mol. The van der Waals surface area contributed by atoms with Crippen LogP contribution >= 0.6 is 0 Å². The molecule has 0 fully saturated rings. The number of terminal acetylenes is 1. The summed E-state index contributed by atoms with van der Waals surface area (Å²) in [6.45, 7) is 1.47. The Morgan fingerprint density at radius 1 is 1.73 bits per heavy atom. The number of nitrogens with one attached hydrogen (secondary N) is 1. The lowest BCUT2D eigenvalue weighted by molar-refractivity contribution is 0.707. The van der Waals surface area contributed by atoms with E-state index in [1.807, 2.05) is 19.3 Å². The molecule has 0 unspecified atom stereocenters. The first kappa shape index (κ1) is 7.90. The Labute approximate surface area is 67.2 Å². The molecule has 1 aromatic rings. The molecule has 1 rings (SSSR count). The average molecular weight is 148 g/mol. The molecule has 1 N–H and O–H groups in total. The molecule has 0 aromatic carbocycles. The molecule has 2 nitrogen and oxygen atoms in total. The van der Waals surface area contributed by atoms with E-state index >= 15 is 0 Å². The summed E-state index contributed by atoms with van der Waals surface area (Å²) in [6.07, 6.45) is 7.11. The van der Waals surface area contributed by atoms with Gasteiger partial charge in [-0.2, -0.15) is 0 Å². The summed E-state index contributed by atoms with van der Waals surface area (Å²) in [6, 6.07) is 4.09. The van der Waals surface area contributed by atoms with Gasteiger partial charge in [-0.05, 0) is 12.1 Å². The van der Waals surface area contributed by atoms with Crippen molar-refractivity contribution in [1.82, 2.24) is 9.88 Å². The summed E-state index contributed by atoms with van der Waals surface area (Å²) >= 11 is 0. The maximum atomic E-state index is 5.09. The summed E-state index contributed by atoms with van der Waals surface area (Å²) in [7, 11) is 2.02. The van der Waals surface area contributed by atoms with Gasteiger partial charge in [0.1, 0.15) is 0 Å². The van der Waals surface area contributed by atoms with Gasteiger partial charge in [0.15, 0.2) is 0 Å². The minimum atomic E-state index is 0.630. The Bertz CT molecular complexity index is 255. The second-order valence-electron chi connectivity index (χ2n) is 2.42. The highest BCUT2D eigenvalue weighted by Gasteiger charge is 1.93. The Kier molecular flexibility index (Phi) is 2.76. The van der Waals surface area contributed by atoms with E-state index in [9.17, 15) is 0 Å². The van der Waals surface area contributed by atoms with E-state index in [2.05, 4.69) is 21.9 Å². The van der Waals surface area contributed by atoms with Crippen molar-refractivity contribution in [2.45, 2.75) is 6.54 Å². The molecule has 0 spiro atoms. The minimum absolute atomic E-state index is 0.630. The highest BCUT2D eigenvalue weighted by Crippen LogP contribution is 1.97. The molecule has 11 heavy (non-hydrogen) atoms. The van der Waals surface area contributed by atoms with Crippen LogP contribution in [0.4, 0.5) is 0 Å². The lowest BCUT2D eigenvalue weighted by Crippen LogP contribution is -2.14. The highest BCUT2D eigenvalue weighted by atomic mass is 15.0. The second kappa shape index (κ2) is 3.85. The molecule has 0 radical (unpaired) electrons. The van der Waals surface area contributed by atoms with Gasteiger partial charge < -0.3 is 9.88 Å². The van der Waals surface area contributed by atoms with Crippen LogP contribution < -0.4 is 5.32 Å². The summed E-state index contributed by atoms with van der Waals surface area (Å²) < 4.78 is 2.07. The predicted molar refractivity (Wildman–Crippen MR) is 46.0 cm³/mol. The number of hydrogen-bond donors (Lipinski definition) is 1. The first-order valence-electron chi connectivity index (χ1n) is 3.59. The minimum Gasteiger partial charge on any atom is -0.353 e. The van der Waals surface area contributed by atoms with Gasteiger partial charge in [-0.1, -0.05) is 5.92 Å². The zero-order valence-corrected chi connectivity index (χ0v) is 6.67. The van der Waals surface area contributed by atoms with Gasteiger partial charge in [0, 0.05) is 25.5 Å². The molecule has 0 amide bonds. The Morgan fingerprint density at radius 3 is 3.09 bits per heavy atom. The molecule has 0 saturated heterocycles. The summed E-state index contributed by atoms with van der Waals surface area (Å²) in [5.41, 5.74) is 1.25. The van der Waals surface area contributed by atoms with E-state index in [0.717, 1.165) is 6.54 Å². The van der Waals surface area contributed by atoms with Gasteiger partial charge >= 0.3 is 0 Å². The molecule has 0 aliphatic carbocycles. The van der Waals surface area contributed by atoms with E-state index in [0.29, 0.717) is 6.54 Å². The molecule has 1 heterocycles. The van der Waals surface area contributed by atoms with E-state index in [1.165, 1.54) is 5.69 Å². The third-order valence-corrected chi connectivity index (χ3v) is 1.58. The van der Waals surface area contributed by atoms with Gasteiger partial charge in [0.05, 0.1) is 6.54 Å². The van der Waals surface area contributed by atoms with Gasteiger partial charge in [-0.3, -0.25) is 0 Å². The third-order valence-electron chi connectivity index (χ3n) is 1.58. The van der Waals surface area contributed by atoms with Crippen LogP contribution in [0.5, 0.6) is 0 Å². The zero-order chi connectivity index (χ0) is 8.10. The van der Waals surface area contributed by atoms with Crippen molar-refractivity contribution in [1.29, 1.82) is 0 Å². The maximum Gasteiger partial charge on any atom is 0.0576 e. The summed E-state index contributed by atoms with van der Waals surface area (Å²) in [4.78, 5) is 0. The fourth-order valence-electron chi connectivity index (χ4n) is 0.943.